The Labute approximate surface area is 85.2 Å². The van der Waals surface area contributed by atoms with Crippen molar-refractivity contribution in [3.63, 3.8) is 0 Å². The molecule has 0 bridgehead atoms. The summed E-state index contributed by atoms with van der Waals surface area (Å²) in [5.41, 5.74) is 2.45. The predicted molar refractivity (Wildman–Crippen MR) is 53.2 cm³/mol. The second-order valence-corrected chi connectivity index (χ2v) is 3.18. The van der Waals surface area contributed by atoms with E-state index < -0.39 is 0 Å². The van der Waals surface area contributed by atoms with Gasteiger partial charge in [-0.15, -0.1) is 0 Å². The quantitative estimate of drug-likeness (QED) is 0.681. The molecule has 0 radical (unpaired) electrons. The molecule has 1 N–H and O–H groups in total. The zero-order valence-electron chi connectivity index (χ0n) is 7.84. The number of fused-ring (bicyclic) bond motifs is 1. The highest BCUT2D eigenvalue weighted by atomic mass is 16.3. The molecular formula is C10H8N4O. The first-order valence-corrected chi connectivity index (χ1v) is 4.59. The van der Waals surface area contributed by atoms with Gasteiger partial charge in [0.2, 0.25) is 0 Å². The van der Waals surface area contributed by atoms with E-state index in [4.69, 9.17) is 4.42 Å². The Morgan fingerprint density at radius 2 is 2.27 bits per heavy atom. The van der Waals surface area contributed by atoms with Crippen molar-refractivity contribution >= 4 is 11.2 Å². The highest BCUT2D eigenvalue weighted by molar-refractivity contribution is 5.72. The molecule has 0 aromatic carbocycles. The molecule has 0 aliphatic rings. The number of hydrogen-bond acceptors (Lipinski definition) is 4. The topological polar surface area (TPSA) is 67.6 Å². The number of H-pyrrole nitrogens is 1. The third-order valence-corrected chi connectivity index (χ3v) is 2.22. The summed E-state index contributed by atoms with van der Waals surface area (Å²) in [5, 5.41) is 0. The fourth-order valence-corrected chi connectivity index (χ4v) is 1.53. The number of nitrogens with zero attached hydrogens (tertiary/aromatic N) is 3. The van der Waals surface area contributed by atoms with Crippen molar-refractivity contribution in [1.82, 2.24) is 19.9 Å². The summed E-state index contributed by atoms with van der Waals surface area (Å²) in [6, 6.07) is 3.78. The van der Waals surface area contributed by atoms with Gasteiger partial charge in [0.15, 0.2) is 5.65 Å². The van der Waals surface area contributed by atoms with Crippen molar-refractivity contribution in [2.24, 2.45) is 0 Å². The molecule has 0 amide bonds. The van der Waals surface area contributed by atoms with E-state index in [9.17, 15) is 0 Å². The van der Waals surface area contributed by atoms with Gasteiger partial charge in [-0.25, -0.2) is 15.0 Å². The first-order valence-electron chi connectivity index (χ1n) is 4.59. The van der Waals surface area contributed by atoms with Crippen LogP contribution in [0.25, 0.3) is 11.2 Å². The molecule has 3 heterocycles. The van der Waals surface area contributed by atoms with Crippen LogP contribution in [0.2, 0.25) is 0 Å². The number of rotatable bonds is 2. The van der Waals surface area contributed by atoms with Gasteiger partial charge in [0.05, 0.1) is 24.7 Å². The van der Waals surface area contributed by atoms with Gasteiger partial charge < -0.3 is 9.40 Å². The van der Waals surface area contributed by atoms with Crippen LogP contribution < -0.4 is 0 Å². The summed E-state index contributed by atoms with van der Waals surface area (Å²) in [5.74, 6) is 0.879. The van der Waals surface area contributed by atoms with Crippen LogP contribution in [0.5, 0.6) is 0 Å². The minimum atomic E-state index is 0.647. The number of furan rings is 1. The molecule has 0 unspecified atom stereocenters. The molecular weight excluding hydrogens is 192 g/mol. The van der Waals surface area contributed by atoms with E-state index in [1.54, 1.807) is 12.6 Å². The zero-order chi connectivity index (χ0) is 10.1. The molecule has 3 aromatic rings. The van der Waals surface area contributed by atoms with E-state index in [0.29, 0.717) is 12.1 Å². The SMILES string of the molecule is c1coc(Cc2ncnc3nc[nH]c23)c1. The summed E-state index contributed by atoms with van der Waals surface area (Å²) in [6.07, 6.45) is 5.43. The van der Waals surface area contributed by atoms with E-state index in [1.165, 1.54) is 6.33 Å². The van der Waals surface area contributed by atoms with Crippen LogP contribution >= 0.6 is 0 Å². The normalized spacial score (nSPS) is 10.9. The molecule has 0 fully saturated rings. The monoisotopic (exact) mass is 200 g/mol. The lowest BCUT2D eigenvalue weighted by Crippen LogP contribution is -1.93. The molecule has 0 saturated carbocycles. The first-order chi connectivity index (χ1) is 7.43. The average molecular weight is 200 g/mol. The van der Waals surface area contributed by atoms with Crippen LogP contribution in [-0.4, -0.2) is 19.9 Å². The second kappa shape index (κ2) is 3.20. The summed E-state index contributed by atoms with van der Waals surface area (Å²) in [4.78, 5) is 15.4. The van der Waals surface area contributed by atoms with Crippen molar-refractivity contribution in [3.05, 3.63) is 42.5 Å². The van der Waals surface area contributed by atoms with Crippen LogP contribution in [0, 0.1) is 0 Å². The van der Waals surface area contributed by atoms with Gasteiger partial charge in [-0.2, -0.15) is 0 Å². The molecule has 3 rings (SSSR count). The van der Waals surface area contributed by atoms with Gasteiger partial charge in [-0.3, -0.25) is 0 Å². The van der Waals surface area contributed by atoms with Gasteiger partial charge in [0.1, 0.15) is 17.6 Å². The van der Waals surface area contributed by atoms with Crippen LogP contribution in [0.3, 0.4) is 0 Å². The Hall–Kier alpha value is -2.17. The molecule has 0 spiro atoms. The minimum absolute atomic E-state index is 0.647. The Morgan fingerprint density at radius 3 is 3.13 bits per heavy atom. The summed E-state index contributed by atoms with van der Waals surface area (Å²) < 4.78 is 5.27. The molecule has 15 heavy (non-hydrogen) atoms. The van der Waals surface area contributed by atoms with Crippen molar-refractivity contribution in [1.29, 1.82) is 0 Å². The Morgan fingerprint density at radius 1 is 1.27 bits per heavy atom. The third-order valence-electron chi connectivity index (χ3n) is 2.22. The molecule has 3 aromatic heterocycles. The maximum atomic E-state index is 5.27. The average Bonchev–Trinajstić information content (AvgIpc) is 2.87. The van der Waals surface area contributed by atoms with E-state index in [1.807, 2.05) is 12.1 Å². The van der Waals surface area contributed by atoms with E-state index in [2.05, 4.69) is 19.9 Å². The summed E-state index contributed by atoms with van der Waals surface area (Å²) in [7, 11) is 0. The number of hydrogen-bond donors (Lipinski definition) is 1. The molecule has 0 aliphatic heterocycles. The summed E-state index contributed by atoms with van der Waals surface area (Å²) in [6.45, 7) is 0. The van der Waals surface area contributed by atoms with Crippen LogP contribution in [0.4, 0.5) is 0 Å². The van der Waals surface area contributed by atoms with Crippen molar-refractivity contribution in [2.75, 3.05) is 0 Å². The van der Waals surface area contributed by atoms with Gasteiger partial charge in [-0.05, 0) is 12.1 Å². The van der Waals surface area contributed by atoms with Crippen molar-refractivity contribution < 1.29 is 4.42 Å². The number of aromatic nitrogens is 4. The Bertz CT molecular complexity index is 570. The largest absolute Gasteiger partial charge is 0.469 e. The molecule has 0 atom stereocenters. The fourth-order valence-electron chi connectivity index (χ4n) is 1.53. The van der Waals surface area contributed by atoms with Crippen LogP contribution in [-0.2, 0) is 6.42 Å². The highest BCUT2D eigenvalue weighted by Gasteiger charge is 2.07. The van der Waals surface area contributed by atoms with E-state index >= 15 is 0 Å². The van der Waals surface area contributed by atoms with Crippen LogP contribution in [0.1, 0.15) is 11.5 Å². The number of aromatic amines is 1. The molecule has 74 valence electrons. The Balaban J connectivity index is 2.07. The van der Waals surface area contributed by atoms with Gasteiger partial charge in [0.25, 0.3) is 0 Å². The zero-order valence-corrected chi connectivity index (χ0v) is 7.84. The highest BCUT2D eigenvalue weighted by Crippen LogP contribution is 2.14. The smallest absolute Gasteiger partial charge is 0.180 e. The predicted octanol–water partition coefficient (Wildman–Crippen LogP) is 1.54. The van der Waals surface area contributed by atoms with Gasteiger partial charge in [-0.1, -0.05) is 0 Å². The summed E-state index contributed by atoms with van der Waals surface area (Å²) >= 11 is 0. The molecule has 0 saturated heterocycles. The number of nitrogens with one attached hydrogen (secondary N) is 1. The lowest BCUT2D eigenvalue weighted by Gasteiger charge is -1.97. The minimum Gasteiger partial charge on any atom is -0.469 e. The Kier molecular flexibility index (Phi) is 1.74. The maximum Gasteiger partial charge on any atom is 0.180 e. The van der Waals surface area contributed by atoms with Gasteiger partial charge in [0, 0.05) is 0 Å². The molecule has 5 heteroatoms. The van der Waals surface area contributed by atoms with E-state index in [-0.39, 0.29) is 0 Å². The number of imidazole rings is 1. The standard InChI is InChI=1S/C10H8N4O/c1-2-7(15-3-1)4-8-9-10(13-5-11-8)14-6-12-9/h1-3,5-6H,4H2,(H,11,12,13,14). The first kappa shape index (κ1) is 8.16. The lowest BCUT2D eigenvalue weighted by molar-refractivity contribution is 0.519. The molecule has 5 nitrogen and oxygen atoms in total. The van der Waals surface area contributed by atoms with Gasteiger partial charge >= 0.3 is 0 Å². The fraction of sp³-hybridized carbons (Fsp3) is 0.100. The third kappa shape index (κ3) is 1.38. The van der Waals surface area contributed by atoms with Crippen LogP contribution in [0.15, 0.2) is 35.5 Å². The van der Waals surface area contributed by atoms with Crippen molar-refractivity contribution in [2.45, 2.75) is 6.42 Å². The van der Waals surface area contributed by atoms with Crippen molar-refractivity contribution in [3.8, 4) is 0 Å². The lowest BCUT2D eigenvalue weighted by atomic mass is 10.2. The second-order valence-electron chi connectivity index (χ2n) is 3.18. The van der Waals surface area contributed by atoms with E-state index in [0.717, 1.165) is 17.0 Å². The maximum absolute atomic E-state index is 5.27. The molecule has 0 aliphatic carbocycles.